The fourth-order valence-corrected chi connectivity index (χ4v) is 5.55. The van der Waals surface area contributed by atoms with Crippen LogP contribution in [0, 0.1) is 17.7 Å². The van der Waals surface area contributed by atoms with Gasteiger partial charge < -0.3 is 0 Å². The molecule has 28 heavy (non-hydrogen) atoms. The summed E-state index contributed by atoms with van der Waals surface area (Å²) < 4.78 is 13.8. The van der Waals surface area contributed by atoms with E-state index in [1.54, 1.807) is 6.07 Å². The highest BCUT2D eigenvalue weighted by atomic mass is 19.1. The first-order valence-corrected chi connectivity index (χ1v) is 9.48. The zero-order chi connectivity index (χ0) is 19.0. The molecule has 0 N–H and O–H groups in total. The van der Waals surface area contributed by atoms with Gasteiger partial charge in [-0.3, -0.25) is 9.59 Å². The molecule has 0 radical (unpaired) electrons. The number of carbonyl (C=O) groups is 2. The standard InChI is InChI=1S/C24H16FNO2/c25-13-6-5-7-14(12-13)26-23(27)21-19-15-8-1-2-9-16(15)20(22(21)24(26)28)18-11-4-3-10-17(18)19/h1-12,19-22H. The lowest BCUT2D eigenvalue weighted by molar-refractivity contribution is -0.122. The molecule has 2 bridgehead atoms. The van der Waals surface area contributed by atoms with Crippen molar-refractivity contribution >= 4 is 17.5 Å². The predicted octanol–water partition coefficient (Wildman–Crippen LogP) is 4.22. The molecule has 0 aromatic heterocycles. The third-order valence-electron chi connectivity index (χ3n) is 6.51. The summed E-state index contributed by atoms with van der Waals surface area (Å²) in [7, 11) is 0. The molecular formula is C24H16FNO2. The monoisotopic (exact) mass is 369 g/mol. The number of carbonyl (C=O) groups excluding carboxylic acids is 2. The number of hydrogen-bond acceptors (Lipinski definition) is 2. The normalized spacial score (nSPS) is 26.8. The lowest BCUT2D eigenvalue weighted by Crippen LogP contribution is -2.41. The molecular weight excluding hydrogens is 353 g/mol. The second kappa shape index (κ2) is 5.38. The van der Waals surface area contributed by atoms with Crippen LogP contribution in [0.3, 0.4) is 0 Å². The van der Waals surface area contributed by atoms with Crippen molar-refractivity contribution < 1.29 is 14.0 Å². The molecule has 0 saturated carbocycles. The first-order valence-electron chi connectivity index (χ1n) is 9.48. The van der Waals surface area contributed by atoms with E-state index >= 15 is 0 Å². The third-order valence-corrected chi connectivity index (χ3v) is 6.51. The van der Waals surface area contributed by atoms with Gasteiger partial charge in [-0.15, -0.1) is 0 Å². The predicted molar refractivity (Wildman–Crippen MR) is 102 cm³/mol. The largest absolute Gasteiger partial charge is 0.274 e. The Morgan fingerprint density at radius 3 is 1.54 bits per heavy atom. The fraction of sp³-hybridized carbons (Fsp3) is 0.167. The second-order valence-electron chi connectivity index (χ2n) is 7.76. The Morgan fingerprint density at radius 2 is 1.11 bits per heavy atom. The van der Waals surface area contributed by atoms with E-state index in [2.05, 4.69) is 24.3 Å². The third kappa shape index (κ3) is 1.82. The van der Waals surface area contributed by atoms with E-state index in [4.69, 9.17) is 0 Å². The van der Waals surface area contributed by atoms with Crippen LogP contribution in [0.4, 0.5) is 10.1 Å². The Morgan fingerprint density at radius 1 is 0.643 bits per heavy atom. The van der Waals surface area contributed by atoms with Gasteiger partial charge in [-0.25, -0.2) is 9.29 Å². The summed E-state index contributed by atoms with van der Waals surface area (Å²) >= 11 is 0. The van der Waals surface area contributed by atoms with E-state index in [9.17, 15) is 14.0 Å². The molecule has 3 aromatic carbocycles. The number of imide groups is 1. The molecule has 1 heterocycles. The average Bonchev–Trinajstić information content (AvgIpc) is 2.99. The van der Waals surface area contributed by atoms with E-state index in [0.717, 1.165) is 22.3 Å². The summed E-state index contributed by atoms with van der Waals surface area (Å²) in [6, 6.07) is 22.0. The maximum atomic E-state index is 13.8. The molecule has 1 fully saturated rings. The topological polar surface area (TPSA) is 37.4 Å². The highest BCUT2D eigenvalue weighted by Crippen LogP contribution is 2.61. The summed E-state index contributed by atoms with van der Waals surface area (Å²) in [6.45, 7) is 0. The molecule has 2 amide bonds. The quantitative estimate of drug-likeness (QED) is 0.602. The number of hydrogen-bond donors (Lipinski definition) is 0. The molecule has 2 atom stereocenters. The van der Waals surface area contributed by atoms with Gasteiger partial charge in [0.2, 0.25) is 11.8 Å². The number of amides is 2. The average molecular weight is 369 g/mol. The first kappa shape index (κ1) is 15.8. The van der Waals surface area contributed by atoms with Crippen LogP contribution in [0.1, 0.15) is 34.1 Å². The lowest BCUT2D eigenvalue weighted by Gasteiger charge is -2.45. The highest BCUT2D eigenvalue weighted by molar-refractivity contribution is 6.23. The van der Waals surface area contributed by atoms with Gasteiger partial charge in [0.05, 0.1) is 17.5 Å². The highest BCUT2D eigenvalue weighted by Gasteiger charge is 2.61. The molecule has 3 nitrogen and oxygen atoms in total. The van der Waals surface area contributed by atoms with Crippen molar-refractivity contribution in [2.24, 2.45) is 11.8 Å². The summed E-state index contributed by atoms with van der Waals surface area (Å²) in [5, 5.41) is 0. The second-order valence-corrected chi connectivity index (χ2v) is 7.76. The Hall–Kier alpha value is -3.27. The van der Waals surface area contributed by atoms with E-state index in [0.29, 0.717) is 5.69 Å². The van der Waals surface area contributed by atoms with Crippen LogP contribution in [0.15, 0.2) is 72.8 Å². The van der Waals surface area contributed by atoms with Crippen LogP contribution >= 0.6 is 0 Å². The molecule has 2 unspecified atom stereocenters. The van der Waals surface area contributed by atoms with Gasteiger partial charge >= 0.3 is 0 Å². The van der Waals surface area contributed by atoms with Crippen LogP contribution < -0.4 is 4.90 Å². The van der Waals surface area contributed by atoms with Crippen LogP contribution in [-0.4, -0.2) is 11.8 Å². The summed E-state index contributed by atoms with van der Waals surface area (Å²) in [6.07, 6.45) is 0. The van der Waals surface area contributed by atoms with Crippen molar-refractivity contribution in [2.45, 2.75) is 11.8 Å². The van der Waals surface area contributed by atoms with Crippen molar-refractivity contribution in [3.8, 4) is 0 Å². The smallest absolute Gasteiger partial charge is 0.238 e. The van der Waals surface area contributed by atoms with Crippen LogP contribution in [0.5, 0.6) is 0 Å². The van der Waals surface area contributed by atoms with Crippen LogP contribution in [0.25, 0.3) is 0 Å². The van der Waals surface area contributed by atoms with Crippen LogP contribution in [0.2, 0.25) is 0 Å². The molecule has 1 aliphatic heterocycles. The molecule has 4 heteroatoms. The zero-order valence-corrected chi connectivity index (χ0v) is 14.9. The number of nitrogens with zero attached hydrogens (tertiary/aromatic N) is 1. The van der Waals surface area contributed by atoms with E-state index < -0.39 is 17.7 Å². The number of anilines is 1. The molecule has 0 spiro atoms. The van der Waals surface area contributed by atoms with Gasteiger partial charge in [0.1, 0.15) is 5.82 Å². The maximum absolute atomic E-state index is 13.8. The van der Waals surface area contributed by atoms with Gasteiger partial charge in [0, 0.05) is 11.8 Å². The Kier molecular flexibility index (Phi) is 3.03. The number of rotatable bonds is 1. The minimum atomic E-state index is -0.456. The lowest BCUT2D eigenvalue weighted by atomic mass is 9.55. The van der Waals surface area contributed by atoms with Gasteiger partial charge in [-0.1, -0.05) is 54.6 Å². The van der Waals surface area contributed by atoms with Crippen molar-refractivity contribution in [1.82, 2.24) is 0 Å². The van der Waals surface area contributed by atoms with Crippen molar-refractivity contribution in [3.05, 3.63) is 101 Å². The molecule has 136 valence electrons. The Bertz CT molecular complexity index is 1060. The Balaban J connectivity index is 1.58. The minimum Gasteiger partial charge on any atom is -0.274 e. The molecule has 7 rings (SSSR count). The summed E-state index contributed by atoms with van der Waals surface area (Å²) in [4.78, 5) is 28.1. The zero-order valence-electron chi connectivity index (χ0n) is 14.9. The van der Waals surface area contributed by atoms with Gasteiger partial charge in [0.25, 0.3) is 0 Å². The number of benzene rings is 3. The van der Waals surface area contributed by atoms with E-state index in [-0.39, 0.29) is 23.7 Å². The van der Waals surface area contributed by atoms with E-state index in [1.165, 1.54) is 23.1 Å². The van der Waals surface area contributed by atoms with Crippen LogP contribution in [-0.2, 0) is 9.59 Å². The van der Waals surface area contributed by atoms with Gasteiger partial charge in [-0.2, -0.15) is 0 Å². The number of halogens is 1. The molecule has 1 saturated heterocycles. The SMILES string of the molecule is O=C1C2C3c4ccccc4C(c4ccccc43)C2C(=O)N1c1cccc(F)c1. The van der Waals surface area contributed by atoms with Crippen molar-refractivity contribution in [2.75, 3.05) is 4.90 Å². The summed E-state index contributed by atoms with van der Waals surface area (Å²) in [5.74, 6) is -2.06. The maximum Gasteiger partial charge on any atom is 0.238 e. The Labute approximate surface area is 161 Å². The molecule has 3 aliphatic carbocycles. The fourth-order valence-electron chi connectivity index (χ4n) is 5.55. The first-order chi connectivity index (χ1) is 13.7. The van der Waals surface area contributed by atoms with E-state index in [1.807, 2.05) is 24.3 Å². The van der Waals surface area contributed by atoms with Gasteiger partial charge in [0.15, 0.2) is 0 Å². The van der Waals surface area contributed by atoms with Crippen molar-refractivity contribution in [1.29, 1.82) is 0 Å². The van der Waals surface area contributed by atoms with Crippen molar-refractivity contribution in [3.63, 3.8) is 0 Å². The van der Waals surface area contributed by atoms with Gasteiger partial charge in [-0.05, 0) is 40.5 Å². The summed E-state index contributed by atoms with van der Waals surface area (Å²) in [5.41, 5.74) is 4.85. The molecule has 3 aromatic rings. The minimum absolute atomic E-state index is 0.141. The molecule has 4 aliphatic rings.